The van der Waals surface area contributed by atoms with Crippen molar-refractivity contribution in [3.63, 3.8) is 0 Å². The first-order chi connectivity index (χ1) is 9.25. The van der Waals surface area contributed by atoms with Crippen LogP contribution in [-0.4, -0.2) is 24.6 Å². The molecule has 19 heavy (non-hydrogen) atoms. The number of aromatic nitrogens is 5. The second kappa shape index (κ2) is 4.81. The highest BCUT2D eigenvalue weighted by atomic mass is 35.5. The zero-order valence-electron chi connectivity index (χ0n) is 10.2. The van der Waals surface area contributed by atoms with E-state index < -0.39 is 0 Å². The Kier molecular flexibility index (Phi) is 3.00. The SMILES string of the molecule is Cc1c(Cl)nc2ncnn2c1NCc1cccnc1. The van der Waals surface area contributed by atoms with E-state index >= 15 is 0 Å². The van der Waals surface area contributed by atoms with Crippen molar-refractivity contribution < 1.29 is 0 Å². The minimum Gasteiger partial charge on any atom is -0.365 e. The van der Waals surface area contributed by atoms with Crippen LogP contribution < -0.4 is 5.32 Å². The van der Waals surface area contributed by atoms with Crippen molar-refractivity contribution >= 4 is 23.2 Å². The average Bonchev–Trinajstić information content (AvgIpc) is 2.88. The molecule has 96 valence electrons. The van der Waals surface area contributed by atoms with Gasteiger partial charge in [0.1, 0.15) is 17.3 Å². The number of rotatable bonds is 3. The Bertz CT molecular complexity index is 709. The Labute approximate surface area is 114 Å². The van der Waals surface area contributed by atoms with Crippen LogP contribution in [0.4, 0.5) is 5.82 Å². The molecular weight excluding hydrogens is 264 g/mol. The molecule has 0 aliphatic rings. The number of pyridine rings is 1. The molecule has 6 nitrogen and oxygen atoms in total. The average molecular weight is 275 g/mol. The lowest BCUT2D eigenvalue weighted by Gasteiger charge is -2.11. The van der Waals surface area contributed by atoms with Gasteiger partial charge in [0.05, 0.1) is 0 Å². The van der Waals surface area contributed by atoms with Crippen molar-refractivity contribution in [1.82, 2.24) is 24.6 Å². The molecular formula is C12H11ClN6. The number of nitrogens with zero attached hydrogens (tertiary/aromatic N) is 5. The summed E-state index contributed by atoms with van der Waals surface area (Å²) in [6.45, 7) is 2.52. The molecule has 0 saturated heterocycles. The van der Waals surface area contributed by atoms with Crippen molar-refractivity contribution in [1.29, 1.82) is 0 Å². The van der Waals surface area contributed by atoms with Crippen molar-refractivity contribution in [2.75, 3.05) is 5.32 Å². The number of nitrogens with one attached hydrogen (secondary N) is 1. The number of hydrogen-bond donors (Lipinski definition) is 1. The van der Waals surface area contributed by atoms with E-state index in [1.807, 2.05) is 25.3 Å². The van der Waals surface area contributed by atoms with Crippen molar-refractivity contribution in [2.45, 2.75) is 13.5 Å². The Hall–Kier alpha value is -2.21. The lowest BCUT2D eigenvalue weighted by Crippen LogP contribution is -2.09. The molecule has 0 saturated carbocycles. The maximum atomic E-state index is 6.09. The van der Waals surface area contributed by atoms with Gasteiger partial charge in [-0.3, -0.25) is 4.98 Å². The third-order valence-electron chi connectivity index (χ3n) is 2.79. The number of hydrogen-bond acceptors (Lipinski definition) is 5. The number of fused-ring (bicyclic) bond motifs is 1. The maximum Gasteiger partial charge on any atom is 0.255 e. The van der Waals surface area contributed by atoms with Gasteiger partial charge in [-0.2, -0.15) is 19.6 Å². The van der Waals surface area contributed by atoms with Crippen LogP contribution in [0.25, 0.3) is 5.78 Å². The summed E-state index contributed by atoms with van der Waals surface area (Å²) in [6.07, 6.45) is 5.00. The summed E-state index contributed by atoms with van der Waals surface area (Å²) in [7, 11) is 0. The van der Waals surface area contributed by atoms with Crippen LogP contribution in [0.3, 0.4) is 0 Å². The summed E-state index contributed by atoms with van der Waals surface area (Å²) in [5.74, 6) is 1.26. The maximum absolute atomic E-state index is 6.09. The lowest BCUT2D eigenvalue weighted by molar-refractivity contribution is 0.913. The van der Waals surface area contributed by atoms with E-state index in [2.05, 4.69) is 25.4 Å². The molecule has 7 heteroatoms. The van der Waals surface area contributed by atoms with E-state index in [4.69, 9.17) is 11.6 Å². The molecule has 3 aromatic heterocycles. The van der Waals surface area contributed by atoms with Gasteiger partial charge in [0.25, 0.3) is 5.78 Å². The monoisotopic (exact) mass is 274 g/mol. The predicted molar refractivity (Wildman–Crippen MR) is 72.1 cm³/mol. The van der Waals surface area contributed by atoms with Gasteiger partial charge in [-0.15, -0.1) is 0 Å². The molecule has 0 atom stereocenters. The van der Waals surface area contributed by atoms with E-state index in [0.29, 0.717) is 17.5 Å². The summed E-state index contributed by atoms with van der Waals surface area (Å²) in [6, 6.07) is 3.89. The van der Waals surface area contributed by atoms with Crippen molar-refractivity contribution in [2.24, 2.45) is 0 Å². The molecule has 3 rings (SSSR count). The highest BCUT2D eigenvalue weighted by Gasteiger charge is 2.11. The molecule has 0 radical (unpaired) electrons. The normalized spacial score (nSPS) is 10.8. The molecule has 3 aromatic rings. The number of anilines is 1. The first-order valence-corrected chi connectivity index (χ1v) is 6.12. The largest absolute Gasteiger partial charge is 0.365 e. The van der Waals surface area contributed by atoms with Gasteiger partial charge >= 0.3 is 0 Å². The Morgan fingerprint density at radius 1 is 1.42 bits per heavy atom. The molecule has 0 bridgehead atoms. The van der Waals surface area contributed by atoms with E-state index in [1.165, 1.54) is 6.33 Å². The molecule has 0 amide bonds. The minimum absolute atomic E-state index is 0.425. The fourth-order valence-corrected chi connectivity index (χ4v) is 1.96. The summed E-state index contributed by atoms with van der Waals surface area (Å²) in [5.41, 5.74) is 1.91. The van der Waals surface area contributed by atoms with Gasteiger partial charge in [-0.25, -0.2) is 0 Å². The fourth-order valence-electron chi connectivity index (χ4n) is 1.79. The van der Waals surface area contributed by atoms with E-state index in [1.54, 1.807) is 10.7 Å². The van der Waals surface area contributed by atoms with Crippen LogP contribution in [0.1, 0.15) is 11.1 Å². The quantitative estimate of drug-likeness (QED) is 0.741. The topological polar surface area (TPSA) is 68.0 Å². The van der Waals surface area contributed by atoms with E-state index in [9.17, 15) is 0 Å². The molecule has 0 fully saturated rings. The van der Waals surface area contributed by atoms with Crippen LogP contribution in [0.15, 0.2) is 30.9 Å². The summed E-state index contributed by atoms with van der Waals surface area (Å²) in [5, 5.41) is 7.86. The van der Waals surface area contributed by atoms with Gasteiger partial charge in [0.15, 0.2) is 0 Å². The van der Waals surface area contributed by atoms with Crippen LogP contribution in [0, 0.1) is 6.92 Å². The highest BCUT2D eigenvalue weighted by molar-refractivity contribution is 6.30. The molecule has 0 aromatic carbocycles. The van der Waals surface area contributed by atoms with Crippen molar-refractivity contribution in [3.05, 3.63) is 47.1 Å². The van der Waals surface area contributed by atoms with E-state index in [-0.39, 0.29) is 0 Å². The Balaban J connectivity index is 1.96. The number of halogens is 1. The van der Waals surface area contributed by atoms with Crippen LogP contribution in [0.5, 0.6) is 0 Å². The molecule has 0 aliphatic heterocycles. The van der Waals surface area contributed by atoms with Gasteiger partial charge in [0, 0.05) is 24.5 Å². The molecule has 3 heterocycles. The first-order valence-electron chi connectivity index (χ1n) is 5.74. The second-order valence-corrected chi connectivity index (χ2v) is 4.42. The smallest absolute Gasteiger partial charge is 0.255 e. The zero-order chi connectivity index (χ0) is 13.2. The Morgan fingerprint density at radius 2 is 2.32 bits per heavy atom. The third kappa shape index (κ3) is 2.22. The molecule has 0 unspecified atom stereocenters. The van der Waals surface area contributed by atoms with Gasteiger partial charge in [-0.05, 0) is 18.6 Å². The molecule has 1 N–H and O–H groups in total. The van der Waals surface area contributed by atoms with Crippen LogP contribution >= 0.6 is 11.6 Å². The molecule has 0 spiro atoms. The van der Waals surface area contributed by atoms with Gasteiger partial charge in [0.2, 0.25) is 0 Å². The van der Waals surface area contributed by atoms with Crippen molar-refractivity contribution in [3.8, 4) is 0 Å². The summed E-state index contributed by atoms with van der Waals surface area (Å²) in [4.78, 5) is 12.3. The lowest BCUT2D eigenvalue weighted by atomic mass is 10.3. The van der Waals surface area contributed by atoms with E-state index in [0.717, 1.165) is 16.9 Å². The summed E-state index contributed by atoms with van der Waals surface area (Å²) < 4.78 is 1.64. The highest BCUT2D eigenvalue weighted by Crippen LogP contribution is 2.22. The van der Waals surface area contributed by atoms with Gasteiger partial charge in [-0.1, -0.05) is 17.7 Å². The predicted octanol–water partition coefficient (Wildman–Crippen LogP) is 2.09. The van der Waals surface area contributed by atoms with Crippen LogP contribution in [0.2, 0.25) is 5.15 Å². The third-order valence-corrected chi connectivity index (χ3v) is 3.16. The first kappa shape index (κ1) is 11.9. The fraction of sp³-hybridized carbons (Fsp3) is 0.167. The molecule has 0 aliphatic carbocycles. The zero-order valence-corrected chi connectivity index (χ0v) is 11.0. The second-order valence-electron chi connectivity index (χ2n) is 4.06. The van der Waals surface area contributed by atoms with Crippen LogP contribution in [-0.2, 0) is 6.54 Å². The standard InChI is InChI=1S/C12H11ClN6/c1-8-10(13)18-12-16-7-17-19(12)11(8)15-6-9-3-2-4-14-5-9/h2-5,7,15H,6H2,1H3. The summed E-state index contributed by atoms with van der Waals surface area (Å²) >= 11 is 6.09. The van der Waals surface area contributed by atoms with Gasteiger partial charge < -0.3 is 5.32 Å². The minimum atomic E-state index is 0.425. The Morgan fingerprint density at radius 3 is 3.11 bits per heavy atom.